The highest BCUT2D eigenvalue weighted by atomic mass is 127. The Morgan fingerprint density at radius 2 is 1.79 bits per heavy atom. The molecule has 4 rings (SSSR count). The van der Waals surface area contributed by atoms with E-state index in [0.717, 1.165) is 13.6 Å². The predicted octanol–water partition coefficient (Wildman–Crippen LogP) is 6.01. The van der Waals surface area contributed by atoms with Gasteiger partial charge < -0.3 is 19.2 Å². The quantitative estimate of drug-likeness (QED) is 0.205. The van der Waals surface area contributed by atoms with Crippen LogP contribution >= 0.6 is 50.7 Å². The third-order valence-electron chi connectivity index (χ3n) is 4.64. The molecule has 0 fully saturated rings. The first kappa shape index (κ1) is 23.5. The molecule has 7 nitrogen and oxygen atoms in total. The Morgan fingerprint density at radius 3 is 2.48 bits per heavy atom. The number of thiocarbonyl (C=S) groups is 1. The van der Waals surface area contributed by atoms with Crippen molar-refractivity contribution in [3.05, 3.63) is 68.2 Å². The minimum absolute atomic E-state index is 0.144. The van der Waals surface area contributed by atoms with Crippen LogP contribution < -0.4 is 20.1 Å². The molecule has 0 aliphatic carbocycles. The number of hydrogen-bond acceptors (Lipinski definition) is 6. The number of methoxy groups -OCH3 is 2. The number of nitrogens with one attached hydrogen (secondary N) is 2. The van der Waals surface area contributed by atoms with E-state index in [1.54, 1.807) is 36.4 Å². The molecule has 0 bridgehead atoms. The molecule has 10 heteroatoms. The summed E-state index contributed by atoms with van der Waals surface area (Å²) in [5, 5.41) is 5.81. The summed E-state index contributed by atoms with van der Waals surface area (Å²) in [6, 6.07) is 16.2. The SMILES string of the molecule is COc1cc(OC)cc(C(=O)NC(=S)Nc2ccc3oc(-c4cc(I)ccc4Br)nc3c2)c1. The van der Waals surface area contributed by atoms with E-state index >= 15 is 0 Å². The van der Waals surface area contributed by atoms with E-state index in [0.29, 0.717) is 39.7 Å². The lowest BCUT2D eigenvalue weighted by Crippen LogP contribution is -2.34. The predicted molar refractivity (Wildman–Crippen MR) is 143 cm³/mol. The van der Waals surface area contributed by atoms with E-state index in [1.165, 1.54) is 14.2 Å². The number of halogens is 2. The van der Waals surface area contributed by atoms with Crippen molar-refractivity contribution < 1.29 is 18.7 Å². The lowest BCUT2D eigenvalue weighted by molar-refractivity contribution is 0.0977. The Hall–Kier alpha value is -2.70. The third-order valence-corrected chi connectivity index (χ3v) is 6.21. The van der Waals surface area contributed by atoms with Gasteiger partial charge in [0.25, 0.3) is 5.91 Å². The van der Waals surface area contributed by atoms with Crippen LogP contribution in [0.4, 0.5) is 5.69 Å². The van der Waals surface area contributed by atoms with E-state index in [-0.39, 0.29) is 5.11 Å². The van der Waals surface area contributed by atoms with Gasteiger partial charge in [0.15, 0.2) is 10.7 Å². The Bertz CT molecular complexity index is 1350. The number of fused-ring (bicyclic) bond motifs is 1. The molecule has 0 unspecified atom stereocenters. The van der Waals surface area contributed by atoms with Crippen LogP contribution in [0.3, 0.4) is 0 Å². The molecule has 0 atom stereocenters. The monoisotopic (exact) mass is 637 g/mol. The van der Waals surface area contributed by atoms with E-state index in [2.05, 4.69) is 54.1 Å². The zero-order valence-electron chi connectivity index (χ0n) is 17.4. The summed E-state index contributed by atoms with van der Waals surface area (Å²) in [7, 11) is 3.04. The fourth-order valence-electron chi connectivity index (χ4n) is 3.06. The number of rotatable bonds is 5. The average molecular weight is 638 g/mol. The maximum Gasteiger partial charge on any atom is 0.257 e. The summed E-state index contributed by atoms with van der Waals surface area (Å²) in [6.07, 6.45) is 0. The number of ether oxygens (including phenoxy) is 2. The molecule has 3 aromatic carbocycles. The van der Waals surface area contributed by atoms with E-state index in [4.69, 9.17) is 26.1 Å². The molecule has 4 aromatic rings. The zero-order chi connectivity index (χ0) is 23.5. The largest absolute Gasteiger partial charge is 0.497 e. The number of carbonyl (C=O) groups is 1. The van der Waals surface area contributed by atoms with E-state index in [1.807, 2.05) is 18.2 Å². The second kappa shape index (κ2) is 10.1. The molecule has 0 spiro atoms. The Kier molecular flexibility index (Phi) is 7.15. The van der Waals surface area contributed by atoms with Gasteiger partial charge in [-0.05, 0) is 99.3 Å². The van der Waals surface area contributed by atoms with Crippen molar-refractivity contribution in [1.29, 1.82) is 0 Å². The summed E-state index contributed by atoms with van der Waals surface area (Å²) in [4.78, 5) is 17.2. The number of amides is 1. The van der Waals surface area contributed by atoms with Crippen LogP contribution in [0, 0.1) is 3.57 Å². The molecule has 168 valence electrons. The van der Waals surface area contributed by atoms with Crippen LogP contribution in [0.15, 0.2) is 63.5 Å². The van der Waals surface area contributed by atoms with Crippen LogP contribution in [-0.4, -0.2) is 30.2 Å². The number of hydrogen-bond donors (Lipinski definition) is 2. The fourth-order valence-corrected chi connectivity index (χ4v) is 4.18. The van der Waals surface area contributed by atoms with Gasteiger partial charge in [-0.15, -0.1) is 0 Å². The number of benzene rings is 3. The average Bonchev–Trinajstić information content (AvgIpc) is 3.23. The van der Waals surface area contributed by atoms with Crippen molar-refractivity contribution in [3.63, 3.8) is 0 Å². The number of aromatic nitrogens is 1. The molecule has 1 heterocycles. The smallest absolute Gasteiger partial charge is 0.257 e. The summed E-state index contributed by atoms with van der Waals surface area (Å²) in [5.74, 6) is 1.13. The van der Waals surface area contributed by atoms with Crippen LogP contribution in [0.5, 0.6) is 11.5 Å². The molecule has 33 heavy (non-hydrogen) atoms. The minimum atomic E-state index is -0.391. The van der Waals surface area contributed by atoms with Crippen molar-refractivity contribution in [1.82, 2.24) is 10.3 Å². The summed E-state index contributed by atoms with van der Waals surface area (Å²) < 4.78 is 18.3. The number of oxazole rings is 1. The van der Waals surface area contributed by atoms with Gasteiger partial charge in [-0.2, -0.15) is 0 Å². The third kappa shape index (κ3) is 5.45. The molecule has 0 radical (unpaired) electrons. The summed E-state index contributed by atoms with van der Waals surface area (Å²) in [5.41, 5.74) is 3.18. The molecule has 0 aliphatic heterocycles. The van der Waals surface area contributed by atoms with Crippen molar-refractivity contribution in [2.45, 2.75) is 0 Å². The standard InChI is InChI=1S/C23H17BrIN3O4S/c1-30-15-7-12(8-16(11-15)31-2)21(29)28-23(33)26-14-4-6-20-19(10-14)27-22(32-20)17-9-13(25)3-5-18(17)24/h3-11H,1-2H3,(H2,26,28,29,33). The Labute approximate surface area is 217 Å². The normalized spacial score (nSPS) is 10.7. The molecular formula is C23H17BrIN3O4S. The molecule has 1 aromatic heterocycles. The maximum absolute atomic E-state index is 12.6. The number of anilines is 1. The maximum atomic E-state index is 12.6. The van der Waals surface area contributed by atoms with Gasteiger partial charge in [0.1, 0.15) is 17.0 Å². The van der Waals surface area contributed by atoms with Crippen molar-refractivity contribution in [3.8, 4) is 23.0 Å². The number of nitrogens with zero attached hydrogens (tertiary/aromatic N) is 1. The molecular weight excluding hydrogens is 621 g/mol. The van der Waals surface area contributed by atoms with Gasteiger partial charge in [-0.25, -0.2) is 4.98 Å². The van der Waals surface area contributed by atoms with Gasteiger partial charge in [0, 0.05) is 25.4 Å². The van der Waals surface area contributed by atoms with Gasteiger partial charge in [0.05, 0.1) is 19.8 Å². The van der Waals surface area contributed by atoms with Crippen molar-refractivity contribution in [2.75, 3.05) is 19.5 Å². The first-order valence-electron chi connectivity index (χ1n) is 9.57. The first-order chi connectivity index (χ1) is 15.9. The lowest BCUT2D eigenvalue weighted by Gasteiger charge is -2.11. The van der Waals surface area contributed by atoms with Crippen molar-refractivity contribution >= 4 is 78.5 Å². The molecule has 1 amide bonds. The summed E-state index contributed by atoms with van der Waals surface area (Å²) >= 11 is 11.1. The second-order valence-electron chi connectivity index (χ2n) is 6.84. The first-order valence-corrected chi connectivity index (χ1v) is 11.9. The molecule has 0 aliphatic rings. The van der Waals surface area contributed by atoms with E-state index in [9.17, 15) is 4.79 Å². The topological polar surface area (TPSA) is 85.6 Å². The van der Waals surface area contributed by atoms with Crippen LogP contribution in [-0.2, 0) is 0 Å². The summed E-state index contributed by atoms with van der Waals surface area (Å²) in [6.45, 7) is 0. The lowest BCUT2D eigenvalue weighted by atomic mass is 10.2. The highest BCUT2D eigenvalue weighted by Crippen LogP contribution is 2.32. The zero-order valence-corrected chi connectivity index (χ0v) is 22.0. The van der Waals surface area contributed by atoms with E-state index < -0.39 is 5.91 Å². The second-order valence-corrected chi connectivity index (χ2v) is 9.34. The van der Waals surface area contributed by atoms with Crippen LogP contribution in [0.25, 0.3) is 22.6 Å². The van der Waals surface area contributed by atoms with Gasteiger partial charge in [0.2, 0.25) is 5.89 Å². The van der Waals surface area contributed by atoms with Gasteiger partial charge in [-0.3, -0.25) is 10.1 Å². The number of carbonyl (C=O) groups excluding carboxylic acids is 1. The minimum Gasteiger partial charge on any atom is -0.497 e. The van der Waals surface area contributed by atoms with Gasteiger partial charge in [-0.1, -0.05) is 0 Å². The molecule has 2 N–H and O–H groups in total. The van der Waals surface area contributed by atoms with Gasteiger partial charge >= 0.3 is 0 Å². The Morgan fingerprint density at radius 1 is 1.06 bits per heavy atom. The van der Waals surface area contributed by atoms with Crippen LogP contribution in [0.2, 0.25) is 0 Å². The molecule has 0 saturated heterocycles. The molecule has 0 saturated carbocycles. The highest BCUT2D eigenvalue weighted by Gasteiger charge is 2.14. The highest BCUT2D eigenvalue weighted by molar-refractivity contribution is 14.1. The van der Waals surface area contributed by atoms with Crippen molar-refractivity contribution in [2.24, 2.45) is 0 Å². The fraction of sp³-hybridized carbons (Fsp3) is 0.0870. The Balaban J connectivity index is 1.50. The van der Waals surface area contributed by atoms with Crippen LogP contribution in [0.1, 0.15) is 10.4 Å².